The van der Waals surface area contributed by atoms with E-state index < -0.39 is 0 Å². The molecule has 0 aliphatic carbocycles. The third-order valence-corrected chi connectivity index (χ3v) is 4.58. The van der Waals surface area contributed by atoms with Crippen molar-refractivity contribution in [2.24, 2.45) is 0 Å². The molecular formula is C20H25N3O. The minimum Gasteiger partial charge on any atom is -0.368 e. The van der Waals surface area contributed by atoms with E-state index in [0.29, 0.717) is 0 Å². The molecule has 0 radical (unpaired) electrons. The van der Waals surface area contributed by atoms with Crippen LogP contribution in [0.3, 0.4) is 0 Å². The van der Waals surface area contributed by atoms with Gasteiger partial charge in [-0.25, -0.2) is 0 Å². The lowest BCUT2D eigenvalue weighted by Crippen LogP contribution is -2.51. The summed E-state index contributed by atoms with van der Waals surface area (Å²) in [6, 6.07) is 20.2. The number of amides is 1. The number of anilines is 1. The molecule has 1 unspecified atom stereocenters. The molecule has 0 aromatic heterocycles. The number of hydrogen-bond donors (Lipinski definition) is 0. The van der Waals surface area contributed by atoms with Gasteiger partial charge >= 0.3 is 0 Å². The molecule has 3 rings (SSSR count). The molecule has 0 saturated carbocycles. The molecular weight excluding hydrogens is 298 g/mol. The molecule has 1 aliphatic rings. The summed E-state index contributed by atoms with van der Waals surface area (Å²) in [5, 5.41) is 0. The summed E-state index contributed by atoms with van der Waals surface area (Å²) in [4.78, 5) is 19.4. The maximum Gasteiger partial charge on any atom is 0.244 e. The highest BCUT2D eigenvalue weighted by molar-refractivity contribution is 5.83. The first-order valence-electron chi connectivity index (χ1n) is 8.47. The van der Waals surface area contributed by atoms with E-state index in [1.165, 1.54) is 5.69 Å². The van der Waals surface area contributed by atoms with Crippen molar-refractivity contribution in [3.63, 3.8) is 0 Å². The van der Waals surface area contributed by atoms with Gasteiger partial charge < -0.3 is 9.80 Å². The van der Waals surface area contributed by atoms with Gasteiger partial charge in [-0.15, -0.1) is 0 Å². The summed E-state index contributed by atoms with van der Waals surface area (Å²) >= 11 is 0. The van der Waals surface area contributed by atoms with Crippen LogP contribution in [-0.4, -0.2) is 56.0 Å². The molecule has 1 aliphatic heterocycles. The number of hydrogen-bond acceptors (Lipinski definition) is 3. The maximum absolute atomic E-state index is 13.0. The third-order valence-electron chi connectivity index (χ3n) is 4.58. The second-order valence-corrected chi connectivity index (χ2v) is 6.42. The summed E-state index contributed by atoms with van der Waals surface area (Å²) < 4.78 is 0. The fourth-order valence-corrected chi connectivity index (χ4v) is 3.29. The zero-order chi connectivity index (χ0) is 16.9. The number of carbonyl (C=O) groups excluding carboxylic acids is 1. The van der Waals surface area contributed by atoms with Crippen LogP contribution in [0, 0.1) is 0 Å². The van der Waals surface area contributed by atoms with E-state index in [2.05, 4.69) is 29.2 Å². The van der Waals surface area contributed by atoms with Gasteiger partial charge in [0, 0.05) is 31.9 Å². The average molecular weight is 323 g/mol. The largest absolute Gasteiger partial charge is 0.368 e. The third kappa shape index (κ3) is 3.60. The van der Waals surface area contributed by atoms with Crippen LogP contribution in [0.2, 0.25) is 0 Å². The van der Waals surface area contributed by atoms with E-state index >= 15 is 0 Å². The monoisotopic (exact) mass is 323 g/mol. The Kier molecular flexibility index (Phi) is 5.16. The van der Waals surface area contributed by atoms with Gasteiger partial charge in [-0.2, -0.15) is 0 Å². The van der Waals surface area contributed by atoms with Crippen molar-refractivity contribution in [3.8, 4) is 0 Å². The highest BCUT2D eigenvalue weighted by Gasteiger charge is 2.29. The number of piperazine rings is 1. The summed E-state index contributed by atoms with van der Waals surface area (Å²) in [5.41, 5.74) is 2.29. The molecule has 4 heteroatoms. The molecule has 2 aromatic rings. The van der Waals surface area contributed by atoms with Crippen LogP contribution >= 0.6 is 0 Å². The highest BCUT2D eigenvalue weighted by atomic mass is 16.2. The van der Waals surface area contributed by atoms with E-state index in [0.717, 1.165) is 31.7 Å². The van der Waals surface area contributed by atoms with Crippen LogP contribution < -0.4 is 4.90 Å². The maximum atomic E-state index is 13.0. The Morgan fingerprint density at radius 3 is 1.96 bits per heavy atom. The van der Waals surface area contributed by atoms with Crippen LogP contribution in [0.4, 0.5) is 5.69 Å². The van der Waals surface area contributed by atoms with Crippen LogP contribution in [0.15, 0.2) is 60.7 Å². The van der Waals surface area contributed by atoms with E-state index in [1.807, 2.05) is 60.3 Å². The minimum atomic E-state index is -0.213. The summed E-state index contributed by atoms with van der Waals surface area (Å²) in [7, 11) is 3.94. The molecule has 24 heavy (non-hydrogen) atoms. The zero-order valence-corrected chi connectivity index (χ0v) is 14.4. The Bertz CT molecular complexity index is 649. The van der Waals surface area contributed by atoms with Gasteiger partial charge in [-0.05, 0) is 31.8 Å². The predicted octanol–water partition coefficient (Wildman–Crippen LogP) is 2.64. The summed E-state index contributed by atoms with van der Waals surface area (Å²) in [6.07, 6.45) is 0. The quantitative estimate of drug-likeness (QED) is 0.865. The molecule has 1 atom stereocenters. The predicted molar refractivity (Wildman–Crippen MR) is 98.1 cm³/mol. The van der Waals surface area contributed by atoms with Crippen LogP contribution in [0.5, 0.6) is 0 Å². The number of para-hydroxylation sites is 1. The van der Waals surface area contributed by atoms with Crippen LogP contribution in [-0.2, 0) is 4.79 Å². The molecule has 0 bridgehead atoms. The van der Waals surface area contributed by atoms with Crippen LogP contribution in [0.1, 0.15) is 11.6 Å². The lowest BCUT2D eigenvalue weighted by atomic mass is 10.0. The molecule has 1 amide bonds. The molecule has 0 N–H and O–H groups in total. The van der Waals surface area contributed by atoms with Crippen molar-refractivity contribution in [2.75, 3.05) is 45.2 Å². The first kappa shape index (κ1) is 16.5. The van der Waals surface area contributed by atoms with Gasteiger partial charge in [0.05, 0.1) is 0 Å². The second-order valence-electron chi connectivity index (χ2n) is 6.42. The molecule has 126 valence electrons. The van der Waals surface area contributed by atoms with Crippen molar-refractivity contribution in [1.29, 1.82) is 0 Å². The smallest absolute Gasteiger partial charge is 0.244 e. The van der Waals surface area contributed by atoms with E-state index in [-0.39, 0.29) is 11.9 Å². The fourth-order valence-electron chi connectivity index (χ4n) is 3.29. The van der Waals surface area contributed by atoms with Crippen molar-refractivity contribution in [2.45, 2.75) is 6.04 Å². The lowest BCUT2D eigenvalue weighted by molar-refractivity contribution is -0.136. The van der Waals surface area contributed by atoms with E-state index in [1.54, 1.807) is 0 Å². The SMILES string of the molecule is CN(C)C(C(=O)N1CCN(c2ccccc2)CC1)c1ccccc1. The van der Waals surface area contributed by atoms with Crippen molar-refractivity contribution in [1.82, 2.24) is 9.80 Å². The van der Waals surface area contributed by atoms with Gasteiger partial charge in [0.25, 0.3) is 0 Å². The van der Waals surface area contributed by atoms with Gasteiger partial charge in [-0.3, -0.25) is 9.69 Å². The molecule has 2 aromatic carbocycles. The average Bonchev–Trinajstić information content (AvgIpc) is 2.63. The van der Waals surface area contributed by atoms with Crippen molar-refractivity contribution < 1.29 is 4.79 Å². The topological polar surface area (TPSA) is 26.8 Å². The zero-order valence-electron chi connectivity index (χ0n) is 14.4. The Labute approximate surface area is 144 Å². The Morgan fingerprint density at radius 2 is 1.42 bits per heavy atom. The molecule has 1 fully saturated rings. The number of benzene rings is 2. The normalized spacial score (nSPS) is 16.3. The molecule has 0 spiro atoms. The number of rotatable bonds is 4. The first-order chi connectivity index (χ1) is 11.7. The van der Waals surface area contributed by atoms with Gasteiger partial charge in [0.2, 0.25) is 5.91 Å². The highest BCUT2D eigenvalue weighted by Crippen LogP contribution is 2.22. The minimum absolute atomic E-state index is 0.193. The Morgan fingerprint density at radius 1 is 0.875 bits per heavy atom. The van der Waals surface area contributed by atoms with Crippen molar-refractivity contribution in [3.05, 3.63) is 66.2 Å². The number of carbonyl (C=O) groups is 1. The fraction of sp³-hybridized carbons (Fsp3) is 0.350. The first-order valence-corrected chi connectivity index (χ1v) is 8.47. The van der Waals surface area contributed by atoms with Gasteiger partial charge in [0.1, 0.15) is 6.04 Å². The summed E-state index contributed by atoms with van der Waals surface area (Å²) in [6.45, 7) is 3.30. The Hall–Kier alpha value is -2.33. The second kappa shape index (κ2) is 7.49. The molecule has 1 heterocycles. The molecule has 4 nitrogen and oxygen atoms in total. The van der Waals surface area contributed by atoms with Gasteiger partial charge in [0.15, 0.2) is 0 Å². The molecule has 1 saturated heterocycles. The van der Waals surface area contributed by atoms with Crippen molar-refractivity contribution >= 4 is 11.6 Å². The number of likely N-dealkylation sites (N-methyl/N-ethyl adjacent to an activating group) is 1. The van der Waals surface area contributed by atoms with E-state index in [4.69, 9.17) is 0 Å². The lowest BCUT2D eigenvalue weighted by Gasteiger charge is -2.38. The van der Waals surface area contributed by atoms with Crippen LogP contribution in [0.25, 0.3) is 0 Å². The standard InChI is InChI=1S/C20H25N3O/c1-21(2)19(17-9-5-3-6-10-17)20(24)23-15-13-22(14-16-23)18-11-7-4-8-12-18/h3-12,19H,13-16H2,1-2H3. The van der Waals surface area contributed by atoms with Gasteiger partial charge in [-0.1, -0.05) is 48.5 Å². The summed E-state index contributed by atoms with van der Waals surface area (Å²) in [5.74, 6) is 0.193. The van der Waals surface area contributed by atoms with E-state index in [9.17, 15) is 4.79 Å². The number of nitrogens with zero attached hydrogens (tertiary/aromatic N) is 3. The Balaban J connectivity index is 1.67.